The molecule has 2 aliphatic heterocycles. The topological polar surface area (TPSA) is 66.9 Å². The first-order chi connectivity index (χ1) is 15.2. The zero-order chi connectivity index (χ0) is 21.5. The second-order valence-corrected chi connectivity index (χ2v) is 8.12. The number of carbonyl (C=O) groups excluding carboxylic acids is 1. The molecule has 2 aliphatic rings. The molecule has 7 heteroatoms. The van der Waals surface area contributed by atoms with Gasteiger partial charge in [0.05, 0.1) is 6.54 Å². The Bertz CT molecular complexity index is 850. The molecule has 3 heterocycles. The molecule has 1 aromatic heterocycles. The molecule has 1 aromatic carbocycles. The first-order valence-electron chi connectivity index (χ1n) is 11.3. The molecule has 2 amide bonds. The van der Waals surface area contributed by atoms with Gasteiger partial charge in [0.1, 0.15) is 12.4 Å². The van der Waals surface area contributed by atoms with E-state index < -0.39 is 0 Å². The zero-order valence-electron chi connectivity index (χ0n) is 18.3. The Balaban J connectivity index is 1.27. The van der Waals surface area contributed by atoms with Crippen molar-refractivity contribution in [2.75, 3.05) is 37.7 Å². The first kappa shape index (κ1) is 21.3. The van der Waals surface area contributed by atoms with Gasteiger partial charge in [0.2, 0.25) is 0 Å². The van der Waals surface area contributed by atoms with Gasteiger partial charge in [-0.25, -0.2) is 9.78 Å². The van der Waals surface area contributed by atoms with E-state index in [4.69, 9.17) is 9.47 Å². The third kappa shape index (κ3) is 5.60. The van der Waals surface area contributed by atoms with Crippen LogP contribution in [0.1, 0.15) is 38.2 Å². The molecule has 1 atom stereocenters. The van der Waals surface area contributed by atoms with E-state index in [1.807, 2.05) is 37.4 Å². The maximum atomic E-state index is 12.7. The number of nitrogens with one attached hydrogen (secondary N) is 1. The van der Waals surface area contributed by atoms with Gasteiger partial charge in [0, 0.05) is 32.4 Å². The number of aromatic nitrogens is 1. The minimum absolute atomic E-state index is 0.110. The monoisotopic (exact) mass is 424 g/mol. The molecule has 0 aliphatic carbocycles. The van der Waals surface area contributed by atoms with Gasteiger partial charge in [0.15, 0.2) is 17.6 Å². The Kier molecular flexibility index (Phi) is 7.12. The minimum atomic E-state index is -0.185. The lowest BCUT2D eigenvalue weighted by Gasteiger charge is -2.31. The van der Waals surface area contributed by atoms with Crippen LogP contribution in [0, 0.1) is 0 Å². The number of hydrogen-bond acceptors (Lipinski definition) is 5. The highest BCUT2D eigenvalue weighted by Crippen LogP contribution is 2.31. The van der Waals surface area contributed by atoms with E-state index in [0.29, 0.717) is 26.2 Å². The van der Waals surface area contributed by atoms with Gasteiger partial charge in [-0.05, 0) is 43.5 Å². The van der Waals surface area contributed by atoms with Crippen molar-refractivity contribution in [2.45, 2.75) is 45.3 Å². The van der Waals surface area contributed by atoms with Crippen molar-refractivity contribution in [1.82, 2.24) is 15.2 Å². The number of likely N-dealkylation sites (N-methyl/N-ethyl adjacent to an activating group) is 1. The summed E-state index contributed by atoms with van der Waals surface area (Å²) in [5.41, 5.74) is 0.995. The molecule has 166 valence electrons. The van der Waals surface area contributed by atoms with Crippen LogP contribution in [-0.4, -0.2) is 54.8 Å². The van der Waals surface area contributed by atoms with Crippen LogP contribution in [0.15, 0.2) is 42.6 Å². The molecule has 1 N–H and O–H groups in total. The SMILES string of the molecule is CCN(CC1COc2ccccc2O1)C(=O)NCc1ccc(N2CCCCCC2)nc1. The number of benzene rings is 1. The number of nitrogens with zero attached hydrogens (tertiary/aromatic N) is 3. The van der Waals surface area contributed by atoms with E-state index in [1.165, 1.54) is 25.7 Å². The number of hydrogen-bond donors (Lipinski definition) is 1. The Morgan fingerprint density at radius 1 is 1.13 bits per heavy atom. The Labute approximate surface area is 184 Å². The normalized spacial score (nSPS) is 18.2. The lowest BCUT2D eigenvalue weighted by Crippen LogP contribution is -2.47. The van der Waals surface area contributed by atoms with Crippen molar-refractivity contribution in [3.63, 3.8) is 0 Å². The number of fused-ring (bicyclic) bond motifs is 1. The Hall–Kier alpha value is -2.96. The van der Waals surface area contributed by atoms with Crippen molar-refractivity contribution < 1.29 is 14.3 Å². The van der Waals surface area contributed by atoms with Gasteiger partial charge >= 0.3 is 6.03 Å². The van der Waals surface area contributed by atoms with E-state index in [1.54, 1.807) is 4.90 Å². The van der Waals surface area contributed by atoms with Gasteiger partial charge in [-0.2, -0.15) is 0 Å². The quantitative estimate of drug-likeness (QED) is 0.763. The maximum absolute atomic E-state index is 12.7. The van der Waals surface area contributed by atoms with E-state index >= 15 is 0 Å². The Morgan fingerprint density at radius 2 is 1.90 bits per heavy atom. The third-order valence-corrected chi connectivity index (χ3v) is 5.84. The summed E-state index contributed by atoms with van der Waals surface area (Å²) < 4.78 is 11.8. The van der Waals surface area contributed by atoms with E-state index in [0.717, 1.165) is 36.0 Å². The fraction of sp³-hybridized carbons (Fsp3) is 0.500. The summed E-state index contributed by atoms with van der Waals surface area (Å²) in [6.45, 7) is 6.07. The number of anilines is 1. The lowest BCUT2D eigenvalue weighted by atomic mass is 10.2. The third-order valence-electron chi connectivity index (χ3n) is 5.84. The van der Waals surface area contributed by atoms with Crippen LogP contribution in [0.4, 0.5) is 10.6 Å². The summed E-state index contributed by atoms with van der Waals surface area (Å²) in [6.07, 6.45) is 6.75. The highest BCUT2D eigenvalue weighted by atomic mass is 16.6. The van der Waals surface area contributed by atoms with Crippen LogP contribution in [0.3, 0.4) is 0 Å². The van der Waals surface area contributed by atoms with E-state index in [9.17, 15) is 4.79 Å². The molecule has 0 bridgehead atoms. The molecule has 1 saturated heterocycles. The molecule has 2 aromatic rings. The van der Waals surface area contributed by atoms with Crippen molar-refractivity contribution in [3.8, 4) is 11.5 Å². The van der Waals surface area contributed by atoms with Crippen molar-refractivity contribution in [2.24, 2.45) is 0 Å². The average Bonchev–Trinajstić information content (AvgIpc) is 3.11. The number of urea groups is 1. The number of amides is 2. The predicted molar refractivity (Wildman–Crippen MR) is 121 cm³/mol. The molecule has 0 saturated carbocycles. The molecule has 7 nitrogen and oxygen atoms in total. The van der Waals surface area contributed by atoms with Crippen LogP contribution in [0.5, 0.6) is 11.5 Å². The lowest BCUT2D eigenvalue weighted by molar-refractivity contribution is 0.0675. The fourth-order valence-corrected chi connectivity index (χ4v) is 4.05. The number of para-hydroxylation sites is 2. The van der Waals surface area contributed by atoms with Gasteiger partial charge in [-0.15, -0.1) is 0 Å². The molecule has 1 unspecified atom stereocenters. The zero-order valence-corrected chi connectivity index (χ0v) is 18.3. The second-order valence-electron chi connectivity index (χ2n) is 8.12. The average molecular weight is 425 g/mol. The smallest absolute Gasteiger partial charge is 0.317 e. The molecular weight excluding hydrogens is 392 g/mol. The van der Waals surface area contributed by atoms with Crippen molar-refractivity contribution in [1.29, 1.82) is 0 Å². The van der Waals surface area contributed by atoms with Crippen LogP contribution < -0.4 is 19.7 Å². The first-order valence-corrected chi connectivity index (χ1v) is 11.3. The number of ether oxygens (including phenoxy) is 2. The summed E-state index contributed by atoms with van der Waals surface area (Å²) in [6, 6.07) is 11.6. The second kappa shape index (κ2) is 10.4. The number of carbonyl (C=O) groups is 1. The summed E-state index contributed by atoms with van der Waals surface area (Å²) in [5.74, 6) is 2.51. The van der Waals surface area contributed by atoms with E-state index in [-0.39, 0.29) is 12.1 Å². The highest BCUT2D eigenvalue weighted by Gasteiger charge is 2.24. The molecule has 4 rings (SSSR count). The summed E-state index contributed by atoms with van der Waals surface area (Å²) in [5, 5.41) is 3.00. The van der Waals surface area contributed by atoms with Gasteiger partial charge in [-0.1, -0.05) is 31.0 Å². The summed E-state index contributed by atoms with van der Waals surface area (Å²) in [7, 11) is 0. The largest absolute Gasteiger partial charge is 0.486 e. The summed E-state index contributed by atoms with van der Waals surface area (Å²) in [4.78, 5) is 21.4. The van der Waals surface area contributed by atoms with E-state index in [2.05, 4.69) is 27.3 Å². The van der Waals surface area contributed by atoms with Crippen molar-refractivity contribution >= 4 is 11.8 Å². The van der Waals surface area contributed by atoms with Gasteiger partial charge in [-0.3, -0.25) is 0 Å². The molecule has 0 radical (unpaired) electrons. The highest BCUT2D eigenvalue weighted by molar-refractivity contribution is 5.74. The molecule has 1 fully saturated rings. The van der Waals surface area contributed by atoms with Crippen LogP contribution in [0.2, 0.25) is 0 Å². The number of rotatable bonds is 6. The molecule has 31 heavy (non-hydrogen) atoms. The minimum Gasteiger partial charge on any atom is -0.486 e. The van der Waals surface area contributed by atoms with Crippen molar-refractivity contribution in [3.05, 3.63) is 48.2 Å². The van der Waals surface area contributed by atoms with Crippen LogP contribution in [0.25, 0.3) is 0 Å². The van der Waals surface area contributed by atoms with Gasteiger partial charge in [0.25, 0.3) is 0 Å². The number of pyridine rings is 1. The van der Waals surface area contributed by atoms with Crippen LogP contribution in [-0.2, 0) is 6.54 Å². The van der Waals surface area contributed by atoms with Crippen LogP contribution >= 0.6 is 0 Å². The predicted octanol–water partition coefficient (Wildman–Crippen LogP) is 3.83. The molecule has 0 spiro atoms. The standard InChI is InChI=1S/C24H32N4O3/c1-2-27(17-20-18-30-21-9-5-6-10-22(21)31-20)24(29)26-16-19-11-12-23(25-15-19)28-13-7-3-4-8-14-28/h5-6,9-12,15,20H,2-4,7-8,13-14,16-18H2,1H3,(H,26,29). The fourth-order valence-electron chi connectivity index (χ4n) is 4.05. The summed E-state index contributed by atoms with van der Waals surface area (Å²) >= 11 is 0. The maximum Gasteiger partial charge on any atom is 0.317 e. The van der Waals surface area contributed by atoms with Gasteiger partial charge < -0.3 is 24.6 Å². The molecular formula is C24H32N4O3. The Morgan fingerprint density at radius 3 is 2.61 bits per heavy atom.